The summed E-state index contributed by atoms with van der Waals surface area (Å²) in [6, 6.07) is 15.5. The van der Waals surface area contributed by atoms with Crippen molar-refractivity contribution >= 4 is 56.6 Å². The van der Waals surface area contributed by atoms with E-state index in [1.165, 1.54) is 4.90 Å². The highest BCUT2D eigenvalue weighted by Crippen LogP contribution is 2.41. The van der Waals surface area contributed by atoms with Gasteiger partial charge in [-0.15, -0.1) is 0 Å². The maximum absolute atomic E-state index is 13.8. The van der Waals surface area contributed by atoms with Gasteiger partial charge in [0.15, 0.2) is 5.83 Å². The van der Waals surface area contributed by atoms with Crippen molar-refractivity contribution in [2.45, 2.75) is 24.9 Å². The van der Waals surface area contributed by atoms with E-state index >= 15 is 0 Å². The molecule has 0 bridgehead atoms. The number of amides is 1. The normalized spacial score (nSPS) is 19.0. The highest BCUT2D eigenvalue weighted by Gasteiger charge is 2.35. The fraction of sp³-hybridized carbons (Fsp3) is 0.333. The van der Waals surface area contributed by atoms with E-state index in [-0.39, 0.29) is 31.7 Å². The first kappa shape index (κ1) is 30.1. The van der Waals surface area contributed by atoms with E-state index in [9.17, 15) is 9.18 Å². The van der Waals surface area contributed by atoms with Gasteiger partial charge in [0.2, 0.25) is 6.54 Å². The Morgan fingerprint density at radius 1 is 1.09 bits per heavy atom. The van der Waals surface area contributed by atoms with E-state index in [1.54, 1.807) is 0 Å². The largest absolute Gasteiger partial charge is 0.462 e. The van der Waals surface area contributed by atoms with Crippen LogP contribution < -0.4 is 9.64 Å². The van der Waals surface area contributed by atoms with Gasteiger partial charge in [0.1, 0.15) is 18.5 Å². The molecule has 2 fully saturated rings. The van der Waals surface area contributed by atoms with Crippen molar-refractivity contribution in [3.05, 3.63) is 82.4 Å². The summed E-state index contributed by atoms with van der Waals surface area (Å²) in [7, 11) is 2.08. The van der Waals surface area contributed by atoms with Crippen LogP contribution in [0.15, 0.2) is 60.9 Å². The minimum absolute atomic E-state index is 0.0165. The van der Waals surface area contributed by atoms with Crippen molar-refractivity contribution in [1.29, 1.82) is 0 Å². The van der Waals surface area contributed by atoms with Crippen LogP contribution in [0.2, 0.25) is 10.0 Å². The number of likely N-dealkylation sites (N-methyl/N-ethyl adjacent to an activating group) is 1. The third-order valence-electron chi connectivity index (χ3n) is 8.54. The van der Waals surface area contributed by atoms with Crippen molar-refractivity contribution in [3.63, 3.8) is 0 Å². The molecule has 1 amide bonds. The number of nitrogens with zero attached hydrogens (tertiary/aromatic N) is 6. The van der Waals surface area contributed by atoms with E-state index in [1.807, 2.05) is 53.4 Å². The van der Waals surface area contributed by atoms with Crippen LogP contribution in [0, 0.1) is 6.57 Å². The smallest absolute Gasteiger partial charge is 0.319 e. The predicted octanol–water partition coefficient (Wildman–Crippen LogP) is 6.65. The van der Waals surface area contributed by atoms with Gasteiger partial charge >= 0.3 is 6.01 Å². The van der Waals surface area contributed by atoms with Crippen LogP contribution >= 0.6 is 23.2 Å². The van der Waals surface area contributed by atoms with E-state index in [0.717, 1.165) is 41.3 Å². The van der Waals surface area contributed by atoms with Gasteiger partial charge in [-0.2, -0.15) is 9.97 Å². The molecule has 226 valence electrons. The maximum Gasteiger partial charge on any atom is 0.319 e. The van der Waals surface area contributed by atoms with Crippen molar-refractivity contribution in [1.82, 2.24) is 19.8 Å². The van der Waals surface area contributed by atoms with Gasteiger partial charge < -0.3 is 24.3 Å². The second-order valence-corrected chi connectivity index (χ2v) is 12.1. The number of benzene rings is 3. The first-order valence-corrected chi connectivity index (χ1v) is 15.3. The Hall–Kier alpha value is -3.97. The fourth-order valence-electron chi connectivity index (χ4n) is 6.24. The van der Waals surface area contributed by atoms with Crippen molar-refractivity contribution in [2.75, 3.05) is 51.3 Å². The maximum atomic E-state index is 13.8. The van der Waals surface area contributed by atoms with E-state index in [4.69, 9.17) is 44.5 Å². The summed E-state index contributed by atoms with van der Waals surface area (Å²) in [5.74, 6) is -1.26. The molecule has 4 aromatic rings. The molecule has 3 heterocycles. The van der Waals surface area contributed by atoms with Crippen molar-refractivity contribution < 1.29 is 13.9 Å². The zero-order chi connectivity index (χ0) is 31.0. The lowest BCUT2D eigenvalue weighted by atomic mass is 9.97. The molecule has 2 aliphatic rings. The number of carbonyl (C=O) groups is 1. The Balaban J connectivity index is 1.45. The van der Waals surface area contributed by atoms with Gasteiger partial charge in [-0.1, -0.05) is 60.1 Å². The van der Waals surface area contributed by atoms with Crippen LogP contribution in [0.3, 0.4) is 0 Å². The second-order valence-electron chi connectivity index (χ2n) is 11.3. The van der Waals surface area contributed by atoms with Crippen LogP contribution in [0.25, 0.3) is 37.6 Å². The molecule has 2 atom stereocenters. The zero-order valence-corrected chi connectivity index (χ0v) is 25.8. The van der Waals surface area contributed by atoms with Gasteiger partial charge in [0.25, 0.3) is 5.91 Å². The topological polar surface area (TPSA) is 66.2 Å². The molecule has 2 saturated heterocycles. The molecule has 3 aromatic carbocycles. The molecule has 11 heteroatoms. The molecule has 0 N–H and O–H groups in total. The first-order valence-electron chi connectivity index (χ1n) is 14.5. The molecular formula is C33H31Cl2FN6O2. The standard InChI is InChI=1S/C33H31Cl2FN6O2/c1-20(36)32(43)42-14-13-41(18-23(42)17-37-2)31-26-15-28(35)25(24-10-4-7-21-8-5-11-27(34)30(21)24)16-29(26)38-33(39-31)44-19-22-9-6-12-40(22)3/h4-5,7-8,10-11,15-16,22-23H,1,6,9,12-14,17-19H2,3H3/t22-,23-/m0/s1. The molecule has 0 radical (unpaired) electrons. The Morgan fingerprint density at radius 3 is 2.61 bits per heavy atom. The predicted molar refractivity (Wildman–Crippen MR) is 173 cm³/mol. The molecule has 0 spiro atoms. The highest BCUT2D eigenvalue weighted by atomic mass is 35.5. The number of carbonyl (C=O) groups excluding carboxylic acids is 1. The van der Waals surface area contributed by atoms with Gasteiger partial charge in [-0.25, -0.2) is 11.0 Å². The Bertz CT molecular complexity index is 1810. The second kappa shape index (κ2) is 12.6. The minimum Gasteiger partial charge on any atom is -0.462 e. The average Bonchev–Trinajstić information content (AvgIpc) is 3.43. The summed E-state index contributed by atoms with van der Waals surface area (Å²) in [5, 5.41) is 3.71. The van der Waals surface area contributed by atoms with Crippen molar-refractivity contribution in [3.8, 4) is 17.1 Å². The molecule has 8 nitrogen and oxygen atoms in total. The first-order chi connectivity index (χ1) is 21.2. The van der Waals surface area contributed by atoms with Crippen molar-refractivity contribution in [2.24, 2.45) is 0 Å². The summed E-state index contributed by atoms with van der Waals surface area (Å²) in [6.07, 6.45) is 2.15. The van der Waals surface area contributed by atoms with Gasteiger partial charge in [0.05, 0.1) is 5.52 Å². The summed E-state index contributed by atoms with van der Waals surface area (Å²) in [4.78, 5) is 31.3. The quantitative estimate of drug-likeness (QED) is 0.168. The van der Waals surface area contributed by atoms with Gasteiger partial charge in [0, 0.05) is 52.1 Å². The highest BCUT2D eigenvalue weighted by molar-refractivity contribution is 6.38. The summed E-state index contributed by atoms with van der Waals surface area (Å²) in [6.45, 7) is 12.9. The molecule has 0 saturated carbocycles. The van der Waals surface area contributed by atoms with Crippen LogP contribution in [-0.2, 0) is 4.79 Å². The SMILES string of the molecule is [C-]#[N+]C[C@H]1CN(c2nc(OC[C@@H]3CCCN3C)nc3cc(-c4cccc5cccc(Cl)c45)c(Cl)cc23)CCN1C(=O)C(=C)F. The molecule has 1 aromatic heterocycles. The Morgan fingerprint density at radius 2 is 1.89 bits per heavy atom. The molecule has 0 aliphatic carbocycles. The van der Waals surface area contributed by atoms with E-state index < -0.39 is 17.8 Å². The Kier molecular flexibility index (Phi) is 8.59. The number of anilines is 1. The third-order valence-corrected chi connectivity index (χ3v) is 9.17. The number of hydrogen-bond donors (Lipinski definition) is 0. The van der Waals surface area contributed by atoms with Crippen LogP contribution in [0.1, 0.15) is 12.8 Å². The number of halogens is 3. The number of likely N-dealkylation sites (tertiary alicyclic amines) is 1. The monoisotopic (exact) mass is 632 g/mol. The van der Waals surface area contributed by atoms with E-state index in [0.29, 0.717) is 39.9 Å². The lowest BCUT2D eigenvalue weighted by Crippen LogP contribution is -2.56. The third kappa shape index (κ3) is 5.77. The van der Waals surface area contributed by atoms with Crippen LogP contribution in [-0.4, -0.2) is 84.1 Å². The number of aromatic nitrogens is 2. The Labute approximate surface area is 265 Å². The number of fused-ring (bicyclic) bond motifs is 2. The minimum atomic E-state index is -1.04. The lowest BCUT2D eigenvalue weighted by molar-refractivity contribution is -0.131. The molecular weight excluding hydrogens is 602 g/mol. The lowest BCUT2D eigenvalue weighted by Gasteiger charge is -2.39. The molecule has 0 unspecified atom stereocenters. The van der Waals surface area contributed by atoms with Gasteiger partial charge in [-0.05, 0) is 55.6 Å². The molecule has 2 aliphatic heterocycles. The van der Waals surface area contributed by atoms with Crippen LogP contribution in [0.5, 0.6) is 6.01 Å². The summed E-state index contributed by atoms with van der Waals surface area (Å²) in [5.41, 5.74) is 2.28. The number of piperazine rings is 1. The van der Waals surface area contributed by atoms with Gasteiger partial charge in [-0.3, -0.25) is 4.79 Å². The number of hydrogen-bond acceptors (Lipinski definition) is 6. The molecule has 44 heavy (non-hydrogen) atoms. The summed E-state index contributed by atoms with van der Waals surface area (Å²) >= 11 is 13.6. The zero-order valence-electron chi connectivity index (χ0n) is 24.3. The fourth-order valence-corrected chi connectivity index (χ4v) is 6.79. The average molecular weight is 634 g/mol. The number of ether oxygens (including phenoxy) is 1. The van der Waals surface area contributed by atoms with Crippen LogP contribution in [0.4, 0.5) is 10.2 Å². The number of rotatable bonds is 7. The molecule has 6 rings (SSSR count). The van der Waals surface area contributed by atoms with E-state index in [2.05, 4.69) is 23.4 Å². The summed E-state index contributed by atoms with van der Waals surface area (Å²) < 4.78 is 20.0.